The smallest absolute Gasteiger partial charge is 0.135 e. The molecule has 0 spiro atoms. The minimum Gasteiger partial charge on any atom is -0.488 e. The maximum Gasteiger partial charge on any atom is 0.135 e. The Morgan fingerprint density at radius 3 is 2.73 bits per heavy atom. The number of hydrogen-bond donors (Lipinski definition) is 0. The Morgan fingerprint density at radius 2 is 1.95 bits per heavy atom. The summed E-state index contributed by atoms with van der Waals surface area (Å²) in [6.45, 7) is 1.55. The van der Waals surface area contributed by atoms with Crippen molar-refractivity contribution in [1.82, 2.24) is 15.0 Å². The summed E-state index contributed by atoms with van der Waals surface area (Å²) in [5, 5.41) is 8.64. The van der Waals surface area contributed by atoms with Crippen LogP contribution in [0, 0.1) is 9.49 Å². The van der Waals surface area contributed by atoms with E-state index in [1.54, 1.807) is 0 Å². The molecule has 0 unspecified atom stereocenters. The van der Waals surface area contributed by atoms with Crippen LogP contribution in [0.2, 0.25) is 0 Å². The molecule has 3 aromatic rings. The Balaban J connectivity index is 1.58. The monoisotopic (exact) mass is 405 g/mol. The lowest BCUT2D eigenvalue weighted by molar-refractivity contribution is 0.304. The van der Waals surface area contributed by atoms with Crippen LogP contribution in [0.3, 0.4) is 0 Å². The third-order valence-electron chi connectivity index (χ3n) is 3.96. The van der Waals surface area contributed by atoms with E-state index >= 15 is 0 Å². The average molecular weight is 405 g/mol. The Morgan fingerprint density at radius 1 is 1.14 bits per heavy atom. The van der Waals surface area contributed by atoms with Crippen LogP contribution in [0.15, 0.2) is 42.5 Å². The molecule has 0 saturated heterocycles. The van der Waals surface area contributed by atoms with Crippen molar-refractivity contribution in [3.8, 4) is 5.75 Å². The summed E-state index contributed by atoms with van der Waals surface area (Å²) in [5.41, 5.74) is 3.20. The minimum atomic E-state index is 0.568. The predicted octanol–water partition coefficient (Wildman–Crippen LogP) is 4.02. The van der Waals surface area contributed by atoms with Crippen molar-refractivity contribution in [2.75, 3.05) is 0 Å². The van der Waals surface area contributed by atoms with Gasteiger partial charge in [-0.3, -0.25) is 0 Å². The van der Waals surface area contributed by atoms with Gasteiger partial charge in [-0.2, -0.15) is 0 Å². The van der Waals surface area contributed by atoms with E-state index in [1.165, 1.54) is 12.8 Å². The van der Waals surface area contributed by atoms with Crippen molar-refractivity contribution in [1.29, 1.82) is 0 Å². The number of halogens is 1. The first-order valence-electron chi connectivity index (χ1n) is 7.49. The van der Waals surface area contributed by atoms with Gasteiger partial charge in [-0.05, 0) is 59.0 Å². The van der Waals surface area contributed by atoms with Gasteiger partial charge in [-0.15, -0.1) is 5.10 Å². The second-order valence-corrected chi connectivity index (χ2v) is 6.81. The van der Waals surface area contributed by atoms with E-state index in [0.29, 0.717) is 6.61 Å². The lowest BCUT2D eigenvalue weighted by Gasteiger charge is -2.09. The van der Waals surface area contributed by atoms with Crippen molar-refractivity contribution in [2.45, 2.75) is 26.0 Å². The van der Waals surface area contributed by atoms with Gasteiger partial charge < -0.3 is 4.74 Å². The van der Waals surface area contributed by atoms with Crippen molar-refractivity contribution < 1.29 is 4.74 Å². The summed E-state index contributed by atoms with van der Waals surface area (Å²) in [5.74, 6) is 1.66. The van der Waals surface area contributed by atoms with Crippen molar-refractivity contribution in [2.24, 2.45) is 5.92 Å². The number of rotatable bonds is 5. The van der Waals surface area contributed by atoms with E-state index < -0.39 is 0 Å². The van der Waals surface area contributed by atoms with Crippen molar-refractivity contribution in [3.63, 3.8) is 0 Å². The van der Waals surface area contributed by atoms with Crippen LogP contribution in [0.25, 0.3) is 11.0 Å². The molecule has 4 rings (SSSR count). The highest BCUT2D eigenvalue weighted by Crippen LogP contribution is 2.33. The standard InChI is InChI=1S/C17H16IN3O/c18-16-15(22-11-13-4-2-1-3-5-13)9-8-14-17(16)19-20-21(14)10-12-6-7-12/h1-5,8-9,12H,6-7,10-11H2. The Labute approximate surface area is 142 Å². The van der Waals surface area contributed by atoms with Crippen molar-refractivity contribution in [3.05, 3.63) is 51.6 Å². The first kappa shape index (κ1) is 14.0. The van der Waals surface area contributed by atoms with E-state index in [0.717, 1.165) is 38.4 Å². The Hall–Kier alpha value is -1.63. The van der Waals surface area contributed by atoms with E-state index in [9.17, 15) is 0 Å². The van der Waals surface area contributed by atoms with Crippen LogP contribution in [0.4, 0.5) is 0 Å². The molecule has 1 aliphatic carbocycles. The van der Waals surface area contributed by atoms with E-state index in [1.807, 2.05) is 28.9 Å². The molecule has 0 aliphatic heterocycles. The predicted molar refractivity (Wildman–Crippen MR) is 93.7 cm³/mol. The van der Waals surface area contributed by atoms with Gasteiger partial charge in [-0.1, -0.05) is 35.5 Å². The third-order valence-corrected chi connectivity index (χ3v) is 5.00. The van der Waals surface area contributed by atoms with Crippen LogP contribution in [0.1, 0.15) is 18.4 Å². The largest absolute Gasteiger partial charge is 0.488 e. The van der Waals surface area contributed by atoms with Crippen molar-refractivity contribution >= 4 is 33.6 Å². The maximum atomic E-state index is 5.95. The first-order valence-corrected chi connectivity index (χ1v) is 8.57. The summed E-state index contributed by atoms with van der Waals surface area (Å²) in [4.78, 5) is 0. The molecule has 1 aliphatic rings. The minimum absolute atomic E-state index is 0.568. The number of nitrogens with zero attached hydrogens (tertiary/aromatic N) is 3. The first-order chi connectivity index (χ1) is 10.8. The normalized spacial score (nSPS) is 14.4. The van der Waals surface area contributed by atoms with Gasteiger partial charge in [-0.25, -0.2) is 4.68 Å². The quantitative estimate of drug-likeness (QED) is 0.602. The van der Waals surface area contributed by atoms with Gasteiger partial charge in [0, 0.05) is 6.54 Å². The zero-order valence-corrected chi connectivity index (χ0v) is 14.2. The molecule has 4 nitrogen and oxygen atoms in total. The van der Waals surface area contributed by atoms with E-state index in [-0.39, 0.29) is 0 Å². The van der Waals surface area contributed by atoms with Gasteiger partial charge in [0.2, 0.25) is 0 Å². The number of benzene rings is 2. The van der Waals surface area contributed by atoms with Gasteiger partial charge in [0.05, 0.1) is 9.09 Å². The second kappa shape index (κ2) is 5.87. The lowest BCUT2D eigenvalue weighted by atomic mass is 10.2. The molecular weight excluding hydrogens is 389 g/mol. The summed E-state index contributed by atoms with van der Waals surface area (Å²) in [6, 6.07) is 14.3. The number of ether oxygens (including phenoxy) is 1. The van der Waals surface area contributed by atoms with Crippen LogP contribution in [-0.2, 0) is 13.2 Å². The van der Waals surface area contributed by atoms with Crippen LogP contribution in [0.5, 0.6) is 5.75 Å². The summed E-state index contributed by atoms with van der Waals surface area (Å²) in [6.07, 6.45) is 2.63. The molecule has 2 aromatic carbocycles. The molecule has 0 bridgehead atoms. The molecule has 0 amide bonds. The zero-order chi connectivity index (χ0) is 14.9. The summed E-state index contributed by atoms with van der Waals surface area (Å²) >= 11 is 2.30. The van der Waals surface area contributed by atoms with Gasteiger partial charge in [0.15, 0.2) is 0 Å². The molecule has 1 aromatic heterocycles. The fourth-order valence-corrected chi connectivity index (χ4v) is 3.23. The topological polar surface area (TPSA) is 39.9 Å². The Kier molecular flexibility index (Phi) is 3.73. The highest BCUT2D eigenvalue weighted by atomic mass is 127. The highest BCUT2D eigenvalue weighted by Gasteiger charge is 2.23. The van der Waals surface area contributed by atoms with Gasteiger partial charge in [0.1, 0.15) is 17.9 Å². The Bertz CT molecular complexity index is 796. The number of fused-ring (bicyclic) bond motifs is 1. The van der Waals surface area contributed by atoms with E-state index in [2.05, 4.69) is 51.1 Å². The number of aromatic nitrogens is 3. The molecule has 1 heterocycles. The fourth-order valence-electron chi connectivity index (χ4n) is 2.51. The lowest BCUT2D eigenvalue weighted by Crippen LogP contribution is -2.02. The number of hydrogen-bond acceptors (Lipinski definition) is 3. The molecule has 0 radical (unpaired) electrons. The molecule has 1 fully saturated rings. The highest BCUT2D eigenvalue weighted by molar-refractivity contribution is 14.1. The zero-order valence-electron chi connectivity index (χ0n) is 12.1. The molecular formula is C17H16IN3O. The van der Waals surface area contributed by atoms with Crippen LogP contribution < -0.4 is 4.74 Å². The molecule has 112 valence electrons. The molecule has 22 heavy (non-hydrogen) atoms. The van der Waals surface area contributed by atoms with Crippen LogP contribution >= 0.6 is 22.6 Å². The second-order valence-electron chi connectivity index (χ2n) is 5.73. The average Bonchev–Trinajstić information content (AvgIpc) is 3.27. The molecule has 0 N–H and O–H groups in total. The maximum absolute atomic E-state index is 5.95. The fraction of sp³-hybridized carbons (Fsp3) is 0.294. The van der Waals surface area contributed by atoms with Gasteiger partial charge in [0.25, 0.3) is 0 Å². The SMILES string of the molecule is Ic1c(OCc2ccccc2)ccc2c1nnn2CC1CC1. The van der Waals surface area contributed by atoms with E-state index in [4.69, 9.17) is 4.74 Å². The molecule has 0 atom stereocenters. The summed E-state index contributed by atoms with van der Waals surface area (Å²) in [7, 11) is 0. The third kappa shape index (κ3) is 2.82. The molecule has 5 heteroatoms. The van der Waals surface area contributed by atoms with Gasteiger partial charge >= 0.3 is 0 Å². The molecule has 1 saturated carbocycles. The van der Waals surface area contributed by atoms with Crippen LogP contribution in [-0.4, -0.2) is 15.0 Å². The summed E-state index contributed by atoms with van der Waals surface area (Å²) < 4.78 is 9.01.